The van der Waals surface area contributed by atoms with Crippen LogP contribution >= 0.6 is 0 Å². The van der Waals surface area contributed by atoms with Gasteiger partial charge in [0.15, 0.2) is 23.0 Å². The summed E-state index contributed by atoms with van der Waals surface area (Å²) in [5, 5.41) is 37.4. The Labute approximate surface area is 80.7 Å². The van der Waals surface area contributed by atoms with Gasteiger partial charge in [-0.2, -0.15) is 0 Å². The lowest BCUT2D eigenvalue weighted by atomic mass is 10.1. The number of phenolic OH excluding ortho intramolecular Hbond substituents is 4. The lowest BCUT2D eigenvalue weighted by Gasteiger charge is -2.09. The Morgan fingerprint density at radius 3 is 1.79 bits per heavy atom. The fourth-order valence-corrected chi connectivity index (χ4v) is 1.07. The largest absolute Gasteiger partial charge is 0.504 e. The van der Waals surface area contributed by atoms with Crippen LogP contribution in [-0.4, -0.2) is 20.4 Å². The molecule has 0 saturated carbocycles. The van der Waals surface area contributed by atoms with E-state index in [1.807, 2.05) is 0 Å². The average molecular weight is 194 g/mol. The van der Waals surface area contributed by atoms with E-state index in [-0.39, 0.29) is 11.1 Å². The molecule has 0 unspecified atom stereocenters. The Hall–Kier alpha value is -2.06. The lowest BCUT2D eigenvalue weighted by Crippen LogP contribution is -1.84. The molecule has 0 heterocycles. The Morgan fingerprint density at radius 1 is 1.00 bits per heavy atom. The van der Waals surface area contributed by atoms with Gasteiger partial charge in [-0.25, -0.2) is 0 Å². The van der Waals surface area contributed by atoms with Crippen LogP contribution in [0.3, 0.4) is 0 Å². The first-order valence-corrected chi connectivity index (χ1v) is 3.83. The van der Waals surface area contributed by atoms with Gasteiger partial charge in [-0.15, -0.1) is 5.73 Å². The van der Waals surface area contributed by atoms with Crippen LogP contribution in [0.2, 0.25) is 0 Å². The minimum absolute atomic E-state index is 0.0150. The van der Waals surface area contributed by atoms with Crippen molar-refractivity contribution in [3.8, 4) is 23.0 Å². The van der Waals surface area contributed by atoms with Crippen LogP contribution in [0.5, 0.6) is 23.0 Å². The molecule has 0 bridgehead atoms. The third-order valence-electron chi connectivity index (χ3n) is 1.92. The Kier molecular flexibility index (Phi) is 2.40. The minimum atomic E-state index is -0.506. The molecule has 0 fully saturated rings. The van der Waals surface area contributed by atoms with E-state index in [1.54, 1.807) is 0 Å². The smallest absolute Gasteiger partial charge is 0.169 e. The molecule has 74 valence electrons. The fraction of sp³-hybridized carbons (Fsp3) is 0.100. The van der Waals surface area contributed by atoms with E-state index in [0.717, 1.165) is 6.08 Å². The molecular formula is C10H10O4. The number of aromatic hydroxyl groups is 4. The highest BCUT2D eigenvalue weighted by atomic mass is 16.3. The van der Waals surface area contributed by atoms with Crippen molar-refractivity contribution in [1.29, 1.82) is 0 Å². The normalized spacial score (nSPS) is 9.50. The zero-order chi connectivity index (χ0) is 10.9. The molecule has 0 aliphatic heterocycles. The third kappa shape index (κ3) is 1.28. The summed E-state index contributed by atoms with van der Waals surface area (Å²) in [5.41, 5.74) is 2.23. The van der Waals surface area contributed by atoms with Gasteiger partial charge >= 0.3 is 0 Å². The zero-order valence-electron chi connectivity index (χ0n) is 7.57. The SMILES string of the molecule is C=C=Cc1c(O)c(O)c(C)c(O)c1O. The predicted octanol–water partition coefficient (Wildman–Crippen LogP) is 1.62. The summed E-state index contributed by atoms with van der Waals surface area (Å²) >= 11 is 0. The third-order valence-corrected chi connectivity index (χ3v) is 1.92. The van der Waals surface area contributed by atoms with Crippen molar-refractivity contribution in [3.63, 3.8) is 0 Å². The van der Waals surface area contributed by atoms with E-state index < -0.39 is 23.0 Å². The fourth-order valence-electron chi connectivity index (χ4n) is 1.07. The average Bonchev–Trinajstić information content (AvgIpc) is 2.19. The number of benzene rings is 1. The highest BCUT2D eigenvalue weighted by Gasteiger charge is 2.18. The number of hydrogen-bond donors (Lipinski definition) is 4. The van der Waals surface area contributed by atoms with Gasteiger partial charge < -0.3 is 20.4 Å². The highest BCUT2D eigenvalue weighted by molar-refractivity contribution is 5.73. The summed E-state index contributed by atoms with van der Waals surface area (Å²) in [7, 11) is 0. The first-order chi connectivity index (χ1) is 6.50. The van der Waals surface area contributed by atoms with Gasteiger partial charge in [0.1, 0.15) is 0 Å². The Balaban J connectivity index is 3.67. The lowest BCUT2D eigenvalue weighted by molar-refractivity contribution is 0.367. The first-order valence-electron chi connectivity index (χ1n) is 3.83. The van der Waals surface area contributed by atoms with Crippen molar-refractivity contribution in [2.24, 2.45) is 0 Å². The molecule has 1 rings (SSSR count). The Morgan fingerprint density at radius 2 is 1.43 bits per heavy atom. The van der Waals surface area contributed by atoms with Gasteiger partial charge in [-0.3, -0.25) is 0 Å². The van der Waals surface area contributed by atoms with Crippen LogP contribution in [0.15, 0.2) is 12.3 Å². The zero-order valence-corrected chi connectivity index (χ0v) is 7.57. The molecule has 4 heteroatoms. The van der Waals surface area contributed by atoms with Gasteiger partial charge in [0.2, 0.25) is 0 Å². The number of rotatable bonds is 1. The minimum Gasteiger partial charge on any atom is -0.504 e. The van der Waals surface area contributed by atoms with Crippen LogP contribution in [0.1, 0.15) is 11.1 Å². The highest BCUT2D eigenvalue weighted by Crippen LogP contribution is 2.46. The summed E-state index contributed by atoms with van der Waals surface area (Å²) in [4.78, 5) is 0. The summed E-state index contributed by atoms with van der Waals surface area (Å²) in [6.07, 6.45) is 1.16. The molecule has 0 amide bonds. The van der Waals surface area contributed by atoms with Crippen LogP contribution in [0.25, 0.3) is 6.08 Å². The van der Waals surface area contributed by atoms with Crippen molar-refractivity contribution in [2.45, 2.75) is 6.92 Å². The van der Waals surface area contributed by atoms with Crippen LogP contribution in [0, 0.1) is 6.92 Å². The van der Waals surface area contributed by atoms with Crippen LogP contribution in [-0.2, 0) is 0 Å². The molecule has 0 aromatic heterocycles. The molecule has 0 atom stereocenters. The second-order valence-electron chi connectivity index (χ2n) is 2.78. The van der Waals surface area contributed by atoms with Gasteiger partial charge in [0, 0.05) is 5.56 Å². The summed E-state index contributed by atoms with van der Waals surface area (Å²) < 4.78 is 0. The van der Waals surface area contributed by atoms with E-state index in [1.165, 1.54) is 6.92 Å². The molecule has 0 spiro atoms. The second-order valence-corrected chi connectivity index (χ2v) is 2.78. The van der Waals surface area contributed by atoms with Crippen molar-refractivity contribution < 1.29 is 20.4 Å². The molecule has 0 aliphatic rings. The first kappa shape index (κ1) is 10.0. The van der Waals surface area contributed by atoms with E-state index >= 15 is 0 Å². The molecule has 14 heavy (non-hydrogen) atoms. The van der Waals surface area contributed by atoms with Crippen molar-refractivity contribution >= 4 is 6.08 Å². The maximum atomic E-state index is 9.39. The summed E-state index contributed by atoms with van der Waals surface area (Å²) in [6.45, 7) is 4.62. The number of hydrogen-bond acceptors (Lipinski definition) is 4. The van der Waals surface area contributed by atoms with Crippen molar-refractivity contribution in [2.75, 3.05) is 0 Å². The maximum Gasteiger partial charge on any atom is 0.169 e. The molecule has 1 aromatic rings. The van der Waals surface area contributed by atoms with Gasteiger partial charge in [-0.1, -0.05) is 6.58 Å². The standard InChI is InChI=1S/C10H10O4/c1-3-4-6-9(13)7(11)5(2)8(12)10(6)14/h4,11-14H,1H2,2H3. The van der Waals surface area contributed by atoms with E-state index in [9.17, 15) is 20.4 Å². The quantitative estimate of drug-likeness (QED) is 0.311. The topological polar surface area (TPSA) is 80.9 Å². The summed E-state index contributed by atoms with van der Waals surface area (Å²) in [6, 6.07) is 0. The molecule has 4 nitrogen and oxygen atoms in total. The second kappa shape index (κ2) is 3.36. The molecule has 0 radical (unpaired) electrons. The van der Waals surface area contributed by atoms with Crippen molar-refractivity contribution in [3.05, 3.63) is 23.4 Å². The number of phenols is 4. The maximum absolute atomic E-state index is 9.39. The van der Waals surface area contributed by atoms with Gasteiger partial charge in [-0.05, 0) is 13.0 Å². The van der Waals surface area contributed by atoms with Crippen molar-refractivity contribution in [1.82, 2.24) is 0 Å². The molecule has 0 aliphatic carbocycles. The Bertz CT molecular complexity index is 399. The van der Waals surface area contributed by atoms with Crippen LogP contribution < -0.4 is 0 Å². The molecule has 4 N–H and O–H groups in total. The monoisotopic (exact) mass is 194 g/mol. The summed E-state index contributed by atoms with van der Waals surface area (Å²) in [5.74, 6) is -1.95. The molecular weight excluding hydrogens is 184 g/mol. The van der Waals surface area contributed by atoms with E-state index in [0.29, 0.717) is 0 Å². The van der Waals surface area contributed by atoms with Gasteiger partial charge in [0.05, 0.1) is 5.56 Å². The molecule has 0 saturated heterocycles. The van der Waals surface area contributed by atoms with E-state index in [4.69, 9.17) is 0 Å². The van der Waals surface area contributed by atoms with Gasteiger partial charge in [0.25, 0.3) is 0 Å². The van der Waals surface area contributed by atoms with E-state index in [2.05, 4.69) is 12.3 Å². The van der Waals surface area contributed by atoms with Crippen LogP contribution in [0.4, 0.5) is 0 Å². The molecule has 1 aromatic carbocycles. The predicted molar refractivity (Wildman–Crippen MR) is 51.4 cm³/mol.